The minimum Gasteiger partial charge on any atom is -0.474 e. The maximum Gasteiger partial charge on any atom is 0.416 e. The van der Waals surface area contributed by atoms with E-state index in [1.54, 1.807) is 35.7 Å². The number of rotatable bonds is 4. The Labute approximate surface area is 216 Å². The highest BCUT2D eigenvalue weighted by molar-refractivity contribution is 7.80. The van der Waals surface area contributed by atoms with Gasteiger partial charge in [-0.2, -0.15) is 0 Å². The lowest BCUT2D eigenvalue weighted by molar-refractivity contribution is 0.0677. The number of amides is 2. The summed E-state index contributed by atoms with van der Waals surface area (Å²) in [5, 5.41) is 0.192. The fourth-order valence-electron chi connectivity index (χ4n) is 4.36. The molecule has 3 aromatic rings. The fraction of sp³-hybridized carbons (Fsp3) is 0.333. The normalized spacial score (nSPS) is 17.9. The molecule has 2 fully saturated rings. The van der Waals surface area contributed by atoms with Crippen LogP contribution in [-0.2, 0) is 9.47 Å². The van der Waals surface area contributed by atoms with Crippen molar-refractivity contribution in [3.63, 3.8) is 0 Å². The van der Waals surface area contributed by atoms with Gasteiger partial charge in [0.15, 0.2) is 6.23 Å². The Balaban J connectivity index is 1.23. The van der Waals surface area contributed by atoms with Gasteiger partial charge in [0.25, 0.3) is 11.1 Å². The molecule has 188 valence electrons. The summed E-state index contributed by atoms with van der Waals surface area (Å²) >= 11 is 6.59. The molecule has 0 spiro atoms. The summed E-state index contributed by atoms with van der Waals surface area (Å²) in [6.07, 6.45) is -1.21. The predicted octanol–water partition coefficient (Wildman–Crippen LogP) is 3.54. The first kappa shape index (κ1) is 24.2. The van der Waals surface area contributed by atoms with Crippen molar-refractivity contribution in [1.29, 1.82) is 0 Å². The summed E-state index contributed by atoms with van der Waals surface area (Å²) < 4.78 is 26.5. The Bertz CT molecular complexity index is 1330. The van der Waals surface area contributed by atoms with Crippen molar-refractivity contribution in [3.8, 4) is 0 Å². The van der Waals surface area contributed by atoms with Crippen LogP contribution < -0.4 is 9.80 Å². The van der Waals surface area contributed by atoms with E-state index < -0.39 is 18.1 Å². The second-order valence-electron chi connectivity index (χ2n) is 8.48. The highest BCUT2D eigenvalue weighted by Gasteiger charge is 2.36. The third-order valence-electron chi connectivity index (χ3n) is 6.42. The van der Waals surface area contributed by atoms with Crippen LogP contribution in [0.25, 0.3) is 10.2 Å². The van der Waals surface area contributed by atoms with Crippen LogP contribution >= 0.6 is 23.6 Å². The van der Waals surface area contributed by atoms with Crippen LogP contribution in [0.5, 0.6) is 0 Å². The SMILES string of the molecule is COC(=S)N(C)[C@@H]1CN(c2ccc(N3CCN(C(=O)c4ccc5ncsc5c4)CC3)c(F)c2)C(=O)O1. The molecule has 1 aromatic heterocycles. The number of nitrogens with zero attached hydrogens (tertiary/aromatic N) is 5. The van der Waals surface area contributed by atoms with Gasteiger partial charge in [0.1, 0.15) is 5.82 Å². The number of aromatic nitrogens is 1. The van der Waals surface area contributed by atoms with Crippen LogP contribution in [0.2, 0.25) is 0 Å². The summed E-state index contributed by atoms with van der Waals surface area (Å²) in [6.45, 7) is 2.14. The Morgan fingerprint density at radius 1 is 1.22 bits per heavy atom. The second-order valence-corrected chi connectivity index (χ2v) is 9.72. The van der Waals surface area contributed by atoms with Gasteiger partial charge in [-0.25, -0.2) is 14.2 Å². The molecule has 1 atom stereocenters. The zero-order valence-corrected chi connectivity index (χ0v) is 21.4. The lowest BCUT2D eigenvalue weighted by Gasteiger charge is -2.36. The first-order valence-electron chi connectivity index (χ1n) is 11.3. The molecular formula is C24H24FN5O4S2. The van der Waals surface area contributed by atoms with E-state index in [1.165, 1.54) is 34.3 Å². The van der Waals surface area contributed by atoms with Gasteiger partial charge >= 0.3 is 6.09 Å². The summed E-state index contributed by atoms with van der Waals surface area (Å²) in [5.74, 6) is -0.485. The van der Waals surface area contributed by atoms with E-state index in [1.807, 2.05) is 17.0 Å². The van der Waals surface area contributed by atoms with Crippen molar-refractivity contribution in [2.75, 3.05) is 56.7 Å². The summed E-state index contributed by atoms with van der Waals surface area (Å²) in [6, 6.07) is 10.2. The van der Waals surface area contributed by atoms with E-state index >= 15 is 4.39 Å². The van der Waals surface area contributed by atoms with Gasteiger partial charge < -0.3 is 19.3 Å². The monoisotopic (exact) mass is 529 g/mol. The lowest BCUT2D eigenvalue weighted by atomic mass is 10.1. The first-order chi connectivity index (χ1) is 17.4. The van der Waals surface area contributed by atoms with E-state index in [9.17, 15) is 9.59 Å². The number of fused-ring (bicyclic) bond motifs is 1. The zero-order chi connectivity index (χ0) is 25.4. The highest BCUT2D eigenvalue weighted by atomic mass is 32.1. The van der Waals surface area contributed by atoms with Crippen molar-refractivity contribution < 1.29 is 23.5 Å². The number of halogens is 1. The summed E-state index contributed by atoms with van der Waals surface area (Å²) in [4.78, 5) is 36.2. The number of benzene rings is 2. The van der Waals surface area contributed by atoms with Gasteiger partial charge in [0.2, 0.25) is 0 Å². The molecule has 9 nitrogen and oxygen atoms in total. The van der Waals surface area contributed by atoms with E-state index in [-0.39, 0.29) is 17.6 Å². The third kappa shape index (κ3) is 4.53. The standard InChI is InChI=1S/C24H24FN5O4S2/c1-27(24(35)33-2)21-13-30(23(32)34-21)16-4-6-19(17(25)12-16)28-7-9-29(10-8-28)22(31)15-3-5-18-20(11-15)36-14-26-18/h3-6,11-12,14,21H,7-10,13H2,1-2H3/t21-/m0/s1. The Morgan fingerprint density at radius 3 is 2.72 bits per heavy atom. The average molecular weight is 530 g/mol. The Morgan fingerprint density at radius 2 is 2.00 bits per heavy atom. The van der Waals surface area contributed by atoms with Gasteiger partial charge in [-0.15, -0.1) is 11.3 Å². The fourth-order valence-corrected chi connectivity index (χ4v) is 5.20. The van der Waals surface area contributed by atoms with Gasteiger partial charge in [0, 0.05) is 38.8 Å². The third-order valence-corrected chi connectivity index (χ3v) is 7.67. The maximum atomic E-state index is 15.1. The number of thiocarbonyl (C=S) groups is 1. The van der Waals surface area contributed by atoms with Crippen LogP contribution in [0.1, 0.15) is 10.4 Å². The molecule has 0 bridgehead atoms. The van der Waals surface area contributed by atoms with Crippen LogP contribution in [0.4, 0.5) is 20.6 Å². The Kier molecular flexibility index (Phi) is 6.63. The van der Waals surface area contributed by atoms with Gasteiger partial charge in [-0.1, -0.05) is 0 Å². The van der Waals surface area contributed by atoms with E-state index in [2.05, 4.69) is 4.98 Å². The zero-order valence-electron chi connectivity index (χ0n) is 19.7. The number of methoxy groups -OCH3 is 1. The van der Waals surface area contributed by atoms with Gasteiger partial charge in [-0.3, -0.25) is 14.6 Å². The molecule has 2 amide bonds. The predicted molar refractivity (Wildman–Crippen MR) is 139 cm³/mol. The molecule has 2 saturated heterocycles. The molecule has 36 heavy (non-hydrogen) atoms. The number of hydrogen-bond donors (Lipinski definition) is 0. The Hall–Kier alpha value is -3.51. The number of cyclic esters (lactones) is 1. The number of carbonyl (C=O) groups excluding carboxylic acids is 2. The highest BCUT2D eigenvalue weighted by Crippen LogP contribution is 2.29. The van der Waals surface area contributed by atoms with Gasteiger partial charge in [0.05, 0.1) is 40.8 Å². The lowest BCUT2D eigenvalue weighted by Crippen LogP contribution is -2.49. The minimum atomic E-state index is -0.630. The van der Waals surface area contributed by atoms with Crippen LogP contribution in [-0.4, -0.2) is 85.1 Å². The molecule has 0 aliphatic carbocycles. The van der Waals surface area contributed by atoms with Crippen molar-refractivity contribution in [2.24, 2.45) is 0 Å². The molecule has 3 heterocycles. The molecule has 2 aliphatic heterocycles. The van der Waals surface area contributed by atoms with E-state index in [0.29, 0.717) is 43.1 Å². The molecule has 0 saturated carbocycles. The molecule has 2 aliphatic rings. The number of piperazine rings is 1. The van der Waals surface area contributed by atoms with Gasteiger partial charge in [-0.05, 0) is 48.6 Å². The quantitative estimate of drug-likeness (QED) is 0.475. The average Bonchev–Trinajstić information content (AvgIpc) is 3.53. The molecule has 5 rings (SSSR count). The molecule has 2 aromatic carbocycles. The molecule has 0 radical (unpaired) electrons. The summed E-state index contributed by atoms with van der Waals surface area (Å²) in [5.41, 5.74) is 4.09. The maximum absolute atomic E-state index is 15.1. The minimum absolute atomic E-state index is 0.0409. The number of carbonyl (C=O) groups is 2. The van der Waals surface area contributed by atoms with Crippen molar-refractivity contribution >= 4 is 62.3 Å². The van der Waals surface area contributed by atoms with Crippen LogP contribution in [0.15, 0.2) is 41.9 Å². The molecule has 12 heteroatoms. The van der Waals surface area contributed by atoms with Crippen LogP contribution in [0.3, 0.4) is 0 Å². The van der Waals surface area contributed by atoms with Crippen molar-refractivity contribution in [3.05, 3.63) is 53.3 Å². The molecule has 0 unspecified atom stereocenters. The number of ether oxygens (including phenoxy) is 2. The van der Waals surface area contributed by atoms with Crippen molar-refractivity contribution in [1.82, 2.24) is 14.8 Å². The molecular weight excluding hydrogens is 505 g/mol. The number of likely N-dealkylation sites (N-methyl/N-ethyl adjacent to an activating group) is 1. The topological polar surface area (TPSA) is 78.5 Å². The first-order valence-corrected chi connectivity index (χ1v) is 12.6. The number of thiazole rings is 1. The van der Waals surface area contributed by atoms with E-state index in [0.717, 1.165) is 10.2 Å². The molecule has 0 N–H and O–H groups in total. The van der Waals surface area contributed by atoms with Crippen LogP contribution in [0, 0.1) is 5.82 Å². The smallest absolute Gasteiger partial charge is 0.416 e. The number of hydrogen-bond acceptors (Lipinski definition) is 8. The second kappa shape index (κ2) is 9.86. The van der Waals surface area contributed by atoms with Crippen molar-refractivity contribution in [2.45, 2.75) is 6.23 Å². The summed E-state index contributed by atoms with van der Waals surface area (Å²) in [7, 11) is 3.11. The number of anilines is 2. The largest absolute Gasteiger partial charge is 0.474 e. The van der Waals surface area contributed by atoms with E-state index in [4.69, 9.17) is 21.7 Å².